The Kier molecular flexibility index (Phi) is 6.68. The normalized spacial score (nSPS) is 10.6. The van der Waals surface area contributed by atoms with Gasteiger partial charge < -0.3 is 10.1 Å². The summed E-state index contributed by atoms with van der Waals surface area (Å²) in [5, 5.41) is 6.56. The molecule has 0 spiro atoms. The van der Waals surface area contributed by atoms with Gasteiger partial charge in [-0.25, -0.2) is 9.48 Å². The van der Waals surface area contributed by atoms with Gasteiger partial charge in [-0.05, 0) is 18.6 Å². The van der Waals surface area contributed by atoms with Crippen molar-refractivity contribution in [3.63, 3.8) is 0 Å². The first-order valence-electron chi connectivity index (χ1n) is 8.48. The Morgan fingerprint density at radius 3 is 2.66 bits per heavy atom. The predicted octanol–water partition coefficient (Wildman–Crippen LogP) is 4.09. The number of esters is 1. The maximum atomic E-state index is 12.5. The van der Waals surface area contributed by atoms with Crippen molar-refractivity contribution in [3.05, 3.63) is 68.6 Å². The molecule has 29 heavy (non-hydrogen) atoms. The van der Waals surface area contributed by atoms with Gasteiger partial charge in [-0.15, -0.1) is 11.3 Å². The lowest BCUT2D eigenvalue weighted by molar-refractivity contribution is -0.117. The quantitative estimate of drug-likeness (QED) is 0.569. The Hall–Kier alpha value is -2.68. The van der Waals surface area contributed by atoms with E-state index in [9.17, 15) is 14.4 Å². The Balaban J connectivity index is 1.88. The average molecular weight is 452 g/mol. The smallest absolute Gasteiger partial charge is 0.341 e. The second-order valence-electron chi connectivity index (χ2n) is 5.76. The lowest BCUT2D eigenvalue weighted by Crippen LogP contribution is -2.30. The summed E-state index contributed by atoms with van der Waals surface area (Å²) >= 11 is 12.8. The summed E-state index contributed by atoms with van der Waals surface area (Å²) in [6.45, 7) is 1.50. The highest BCUT2D eigenvalue weighted by Gasteiger charge is 2.20. The third-order valence-electron chi connectivity index (χ3n) is 3.77. The van der Waals surface area contributed by atoms with Crippen LogP contribution in [-0.4, -0.2) is 28.3 Å². The van der Waals surface area contributed by atoms with Gasteiger partial charge in [0, 0.05) is 4.88 Å². The number of anilines is 1. The molecule has 0 saturated carbocycles. The molecule has 1 N–H and O–H groups in total. The third kappa shape index (κ3) is 4.84. The molecule has 2 aromatic heterocycles. The second-order valence-corrected chi connectivity index (χ2v) is 7.59. The minimum absolute atomic E-state index is 0.00341. The number of aromatic nitrogens is 2. The molecule has 10 heteroatoms. The molecule has 0 bridgehead atoms. The zero-order valence-electron chi connectivity index (χ0n) is 15.1. The van der Waals surface area contributed by atoms with Crippen molar-refractivity contribution < 1.29 is 14.3 Å². The van der Waals surface area contributed by atoms with Gasteiger partial charge in [0.2, 0.25) is 5.91 Å². The van der Waals surface area contributed by atoms with Crippen LogP contribution in [0.2, 0.25) is 10.0 Å². The Morgan fingerprint density at radius 1 is 1.24 bits per heavy atom. The van der Waals surface area contributed by atoms with Crippen LogP contribution in [0, 0.1) is 0 Å². The van der Waals surface area contributed by atoms with Crippen molar-refractivity contribution >= 4 is 51.4 Å². The van der Waals surface area contributed by atoms with E-state index in [-0.39, 0.29) is 22.2 Å². The van der Waals surface area contributed by atoms with Gasteiger partial charge in [0.1, 0.15) is 16.6 Å². The van der Waals surface area contributed by atoms with Crippen molar-refractivity contribution in [2.24, 2.45) is 0 Å². The summed E-state index contributed by atoms with van der Waals surface area (Å²) < 4.78 is 5.97. The van der Waals surface area contributed by atoms with Crippen LogP contribution in [0.5, 0.6) is 0 Å². The largest absolute Gasteiger partial charge is 0.462 e. The number of ether oxygens (including phenoxy) is 1. The lowest BCUT2D eigenvalue weighted by atomic mass is 10.1. The summed E-state index contributed by atoms with van der Waals surface area (Å²) in [5.41, 5.74) is 0.445. The van der Waals surface area contributed by atoms with Crippen molar-refractivity contribution in [3.8, 4) is 10.4 Å². The van der Waals surface area contributed by atoms with Gasteiger partial charge in [0.15, 0.2) is 0 Å². The minimum Gasteiger partial charge on any atom is -0.462 e. The van der Waals surface area contributed by atoms with E-state index in [1.807, 2.05) is 30.3 Å². The molecule has 0 aliphatic heterocycles. The monoisotopic (exact) mass is 451 g/mol. The van der Waals surface area contributed by atoms with E-state index < -0.39 is 24.0 Å². The Labute approximate surface area is 179 Å². The van der Waals surface area contributed by atoms with E-state index in [1.54, 1.807) is 13.0 Å². The number of carbonyl (C=O) groups is 2. The first kappa shape index (κ1) is 21.0. The third-order valence-corrected chi connectivity index (χ3v) is 5.62. The summed E-state index contributed by atoms with van der Waals surface area (Å²) in [6, 6.07) is 11.1. The van der Waals surface area contributed by atoms with Crippen LogP contribution in [-0.2, 0) is 16.1 Å². The molecule has 0 unspecified atom stereocenters. The molecule has 0 aliphatic carbocycles. The van der Waals surface area contributed by atoms with E-state index >= 15 is 0 Å². The first-order valence-corrected chi connectivity index (χ1v) is 10.0. The van der Waals surface area contributed by atoms with E-state index in [2.05, 4.69) is 10.4 Å². The lowest BCUT2D eigenvalue weighted by Gasteiger charge is -2.07. The van der Waals surface area contributed by atoms with Crippen LogP contribution >= 0.6 is 34.5 Å². The molecular formula is C19H15Cl2N3O4S. The summed E-state index contributed by atoms with van der Waals surface area (Å²) in [7, 11) is 0. The highest BCUT2D eigenvalue weighted by Crippen LogP contribution is 2.36. The molecule has 0 radical (unpaired) electrons. The fraction of sp³-hybridized carbons (Fsp3) is 0.158. The van der Waals surface area contributed by atoms with Crippen LogP contribution in [0.15, 0.2) is 47.4 Å². The van der Waals surface area contributed by atoms with Gasteiger partial charge in [-0.3, -0.25) is 9.59 Å². The Bertz CT molecular complexity index is 1110. The number of hydrogen-bond acceptors (Lipinski definition) is 6. The molecule has 1 amide bonds. The highest BCUT2D eigenvalue weighted by molar-refractivity contribution is 7.20. The fourth-order valence-electron chi connectivity index (χ4n) is 2.45. The van der Waals surface area contributed by atoms with E-state index in [1.165, 1.54) is 17.5 Å². The van der Waals surface area contributed by atoms with Crippen molar-refractivity contribution in [2.45, 2.75) is 13.5 Å². The van der Waals surface area contributed by atoms with Crippen LogP contribution in [0.3, 0.4) is 0 Å². The summed E-state index contributed by atoms with van der Waals surface area (Å²) in [5.74, 6) is -1.10. The predicted molar refractivity (Wildman–Crippen MR) is 113 cm³/mol. The van der Waals surface area contributed by atoms with E-state index in [0.717, 1.165) is 15.1 Å². The van der Waals surface area contributed by atoms with Gasteiger partial charge >= 0.3 is 5.97 Å². The van der Waals surface area contributed by atoms with Crippen LogP contribution in [0.25, 0.3) is 10.4 Å². The highest BCUT2D eigenvalue weighted by atomic mass is 35.5. The number of halogens is 2. The SMILES string of the molecule is CCOC(=O)c1cc(-c2ccccc2)sc1NC(=O)Cn1ncc(Cl)c(Cl)c1=O. The van der Waals surface area contributed by atoms with E-state index in [0.29, 0.717) is 5.00 Å². The molecule has 3 rings (SSSR count). The number of benzene rings is 1. The van der Waals surface area contributed by atoms with Gasteiger partial charge in [-0.1, -0.05) is 53.5 Å². The molecule has 0 aliphatic rings. The number of amides is 1. The minimum atomic E-state index is -0.684. The average Bonchev–Trinajstić information content (AvgIpc) is 3.13. The van der Waals surface area contributed by atoms with Crippen molar-refractivity contribution in [1.29, 1.82) is 0 Å². The molecule has 150 valence electrons. The second kappa shape index (κ2) is 9.21. The van der Waals surface area contributed by atoms with Crippen LogP contribution in [0.4, 0.5) is 5.00 Å². The zero-order valence-corrected chi connectivity index (χ0v) is 17.5. The summed E-state index contributed by atoms with van der Waals surface area (Å²) in [4.78, 5) is 37.6. The molecule has 1 aromatic carbocycles. The zero-order chi connectivity index (χ0) is 21.0. The number of nitrogens with zero attached hydrogens (tertiary/aromatic N) is 2. The van der Waals surface area contributed by atoms with Crippen LogP contribution in [0.1, 0.15) is 17.3 Å². The molecule has 7 nitrogen and oxygen atoms in total. The van der Waals surface area contributed by atoms with Crippen molar-refractivity contribution in [1.82, 2.24) is 9.78 Å². The van der Waals surface area contributed by atoms with E-state index in [4.69, 9.17) is 27.9 Å². The fourth-order valence-corrected chi connectivity index (χ4v) is 3.79. The van der Waals surface area contributed by atoms with Gasteiger partial charge in [0.05, 0.1) is 23.4 Å². The van der Waals surface area contributed by atoms with Crippen molar-refractivity contribution in [2.75, 3.05) is 11.9 Å². The van der Waals surface area contributed by atoms with Crippen LogP contribution < -0.4 is 10.9 Å². The number of nitrogens with one attached hydrogen (secondary N) is 1. The van der Waals surface area contributed by atoms with Gasteiger partial charge in [0.25, 0.3) is 5.56 Å². The number of rotatable bonds is 6. The molecule has 0 fully saturated rings. The number of carbonyl (C=O) groups excluding carboxylic acids is 2. The molecule has 0 saturated heterocycles. The van der Waals surface area contributed by atoms with Gasteiger partial charge in [-0.2, -0.15) is 5.10 Å². The molecule has 0 atom stereocenters. The number of hydrogen-bond donors (Lipinski definition) is 1. The molecular weight excluding hydrogens is 437 g/mol. The standard InChI is InChI=1S/C19H15Cl2N3O4S/c1-2-28-19(27)12-8-14(11-6-4-3-5-7-11)29-17(12)23-15(25)10-24-18(26)16(21)13(20)9-22-24/h3-9H,2,10H2,1H3,(H,23,25). The topological polar surface area (TPSA) is 90.3 Å². The summed E-state index contributed by atoms with van der Waals surface area (Å²) in [6.07, 6.45) is 1.18. The molecule has 3 aromatic rings. The maximum Gasteiger partial charge on any atom is 0.341 e. The maximum absolute atomic E-state index is 12.5. The Morgan fingerprint density at radius 2 is 1.97 bits per heavy atom. The number of thiophene rings is 1. The first-order chi connectivity index (χ1) is 13.9. The molecule has 2 heterocycles.